The first-order valence-electron chi connectivity index (χ1n) is 6.99. The Hall–Kier alpha value is -2.57. The third-order valence-electron chi connectivity index (χ3n) is 3.10. The fourth-order valence-electron chi connectivity index (χ4n) is 1.89. The number of hydrogen-bond acceptors (Lipinski definition) is 8. The highest BCUT2D eigenvalue weighted by Gasteiger charge is 2.19. The van der Waals surface area contributed by atoms with Crippen LogP contribution in [0, 0.1) is 12.7 Å². The Labute approximate surface area is 142 Å². The third kappa shape index (κ3) is 5.48. The minimum absolute atomic E-state index is 0.0130. The minimum atomic E-state index is -3.83. The van der Waals surface area contributed by atoms with E-state index in [4.69, 9.17) is 9.88 Å². The standard InChI is InChI=1S/C13H16FN5O5S/c1-8-2-3-9(6-10(8)14)7-11(17-20)12-13(19-24-18-12)23-5-4-16-25(15,21)22/h2-3,6,16,20H,4-5,7H2,1H3,(H2,15,21,22)/b17-11+. The highest BCUT2D eigenvalue weighted by molar-refractivity contribution is 7.87. The van der Waals surface area contributed by atoms with Crippen LogP contribution in [0.3, 0.4) is 0 Å². The van der Waals surface area contributed by atoms with Gasteiger partial charge in [0.15, 0.2) is 5.69 Å². The quantitative estimate of drug-likeness (QED) is 0.257. The highest BCUT2D eigenvalue weighted by Crippen LogP contribution is 2.17. The lowest BCUT2D eigenvalue weighted by Crippen LogP contribution is -2.34. The first-order valence-corrected chi connectivity index (χ1v) is 8.54. The molecule has 0 bridgehead atoms. The molecule has 136 valence electrons. The Morgan fingerprint density at radius 1 is 1.48 bits per heavy atom. The van der Waals surface area contributed by atoms with E-state index in [9.17, 15) is 18.0 Å². The molecule has 0 saturated carbocycles. The van der Waals surface area contributed by atoms with Crippen molar-refractivity contribution in [1.29, 1.82) is 0 Å². The van der Waals surface area contributed by atoms with E-state index in [0.29, 0.717) is 11.1 Å². The monoisotopic (exact) mass is 373 g/mol. The number of rotatable bonds is 8. The van der Waals surface area contributed by atoms with E-state index in [2.05, 4.69) is 20.1 Å². The Morgan fingerprint density at radius 3 is 2.88 bits per heavy atom. The zero-order valence-electron chi connectivity index (χ0n) is 13.1. The van der Waals surface area contributed by atoms with Crippen LogP contribution in [0.5, 0.6) is 5.88 Å². The molecule has 0 aliphatic carbocycles. The van der Waals surface area contributed by atoms with Crippen LogP contribution in [0.4, 0.5) is 4.39 Å². The number of nitrogens with two attached hydrogens (primary N) is 1. The molecule has 0 fully saturated rings. The van der Waals surface area contributed by atoms with Crippen molar-refractivity contribution in [2.24, 2.45) is 10.3 Å². The van der Waals surface area contributed by atoms with E-state index < -0.39 is 16.0 Å². The summed E-state index contributed by atoms with van der Waals surface area (Å²) in [4.78, 5) is 0. The first kappa shape index (κ1) is 18.8. The Balaban J connectivity index is 2.06. The summed E-state index contributed by atoms with van der Waals surface area (Å²) in [7, 11) is -3.83. The van der Waals surface area contributed by atoms with Gasteiger partial charge in [-0.25, -0.2) is 14.2 Å². The second-order valence-electron chi connectivity index (χ2n) is 5.01. The molecule has 1 aromatic heterocycles. The molecule has 0 aliphatic rings. The fourth-order valence-corrected chi connectivity index (χ4v) is 2.26. The summed E-state index contributed by atoms with van der Waals surface area (Å²) in [5.74, 6) is -0.491. The number of ether oxygens (including phenoxy) is 1. The van der Waals surface area contributed by atoms with Gasteiger partial charge in [0.2, 0.25) is 0 Å². The van der Waals surface area contributed by atoms with Crippen LogP contribution >= 0.6 is 0 Å². The number of oxime groups is 1. The number of hydrogen-bond donors (Lipinski definition) is 3. The molecule has 12 heteroatoms. The SMILES string of the molecule is Cc1ccc(C/C(=N\O)c2nonc2OCCNS(N)(=O)=O)cc1F. The van der Waals surface area contributed by atoms with E-state index >= 15 is 0 Å². The van der Waals surface area contributed by atoms with E-state index in [-0.39, 0.29) is 36.9 Å². The number of aromatic nitrogens is 2. The maximum absolute atomic E-state index is 13.6. The second kappa shape index (κ2) is 8.00. The third-order valence-corrected chi connectivity index (χ3v) is 3.71. The van der Waals surface area contributed by atoms with Gasteiger partial charge in [-0.15, -0.1) is 0 Å². The van der Waals surface area contributed by atoms with Crippen LogP contribution < -0.4 is 14.6 Å². The summed E-state index contributed by atoms with van der Waals surface area (Å²) in [5, 5.41) is 24.2. The van der Waals surface area contributed by atoms with Crippen molar-refractivity contribution in [2.45, 2.75) is 13.3 Å². The lowest BCUT2D eigenvalue weighted by atomic mass is 10.0. The van der Waals surface area contributed by atoms with Gasteiger partial charge in [-0.05, 0) is 34.4 Å². The Bertz CT molecular complexity index is 867. The van der Waals surface area contributed by atoms with Crippen LogP contribution in [0.15, 0.2) is 28.0 Å². The maximum Gasteiger partial charge on any atom is 0.285 e. The number of nitrogens with zero attached hydrogens (tertiary/aromatic N) is 3. The van der Waals surface area contributed by atoms with Crippen molar-refractivity contribution in [3.63, 3.8) is 0 Å². The molecule has 10 nitrogen and oxygen atoms in total. The molecule has 0 saturated heterocycles. The maximum atomic E-state index is 13.6. The Morgan fingerprint density at radius 2 is 2.24 bits per heavy atom. The van der Waals surface area contributed by atoms with Gasteiger partial charge in [-0.2, -0.15) is 13.1 Å². The van der Waals surface area contributed by atoms with Crippen molar-refractivity contribution in [3.8, 4) is 5.88 Å². The van der Waals surface area contributed by atoms with Crippen molar-refractivity contribution in [2.75, 3.05) is 13.2 Å². The molecule has 2 rings (SSSR count). The highest BCUT2D eigenvalue weighted by atomic mass is 32.2. The van der Waals surface area contributed by atoms with E-state index in [1.54, 1.807) is 19.1 Å². The van der Waals surface area contributed by atoms with E-state index in [1.165, 1.54) is 6.07 Å². The van der Waals surface area contributed by atoms with Gasteiger partial charge >= 0.3 is 0 Å². The van der Waals surface area contributed by atoms with Crippen molar-refractivity contribution < 1.29 is 27.4 Å². The molecular weight excluding hydrogens is 357 g/mol. The summed E-state index contributed by atoms with van der Waals surface area (Å²) in [6.45, 7) is 1.40. The summed E-state index contributed by atoms with van der Waals surface area (Å²) < 4.78 is 46.9. The largest absolute Gasteiger partial charge is 0.472 e. The summed E-state index contributed by atoms with van der Waals surface area (Å²) in [6.07, 6.45) is 0.0493. The summed E-state index contributed by atoms with van der Waals surface area (Å²) in [6, 6.07) is 4.58. The first-order chi connectivity index (χ1) is 11.8. The zero-order valence-corrected chi connectivity index (χ0v) is 14.0. The smallest absolute Gasteiger partial charge is 0.285 e. The molecular formula is C13H16FN5O5S. The average Bonchev–Trinajstić information content (AvgIpc) is 3.00. The molecule has 0 atom stereocenters. The fraction of sp³-hybridized carbons (Fsp3) is 0.308. The van der Waals surface area contributed by atoms with Crippen LogP contribution in [-0.2, 0) is 16.6 Å². The van der Waals surface area contributed by atoms with E-state index in [0.717, 1.165) is 0 Å². The number of benzene rings is 1. The molecule has 0 radical (unpaired) electrons. The number of nitrogens with one attached hydrogen (secondary N) is 1. The van der Waals surface area contributed by atoms with Gasteiger partial charge in [-0.3, -0.25) is 0 Å². The lowest BCUT2D eigenvalue weighted by Gasteiger charge is -2.06. The van der Waals surface area contributed by atoms with Crippen LogP contribution in [0.25, 0.3) is 0 Å². The van der Waals surface area contributed by atoms with Gasteiger partial charge in [0.25, 0.3) is 16.1 Å². The topological polar surface area (TPSA) is 153 Å². The van der Waals surface area contributed by atoms with Crippen LogP contribution in [0.2, 0.25) is 0 Å². The van der Waals surface area contributed by atoms with Crippen LogP contribution in [0.1, 0.15) is 16.8 Å². The lowest BCUT2D eigenvalue weighted by molar-refractivity contribution is 0.258. The summed E-state index contributed by atoms with van der Waals surface area (Å²) >= 11 is 0. The van der Waals surface area contributed by atoms with Gasteiger partial charge < -0.3 is 9.94 Å². The number of aryl methyl sites for hydroxylation is 1. The predicted octanol–water partition coefficient (Wildman–Crippen LogP) is 0.110. The average molecular weight is 373 g/mol. The van der Waals surface area contributed by atoms with Gasteiger partial charge in [0, 0.05) is 13.0 Å². The molecule has 4 N–H and O–H groups in total. The summed E-state index contributed by atoms with van der Waals surface area (Å²) in [5.41, 5.74) is 1.08. The second-order valence-corrected chi connectivity index (χ2v) is 6.39. The van der Waals surface area contributed by atoms with E-state index in [1.807, 2.05) is 4.72 Å². The Kier molecular flexibility index (Phi) is 6.01. The molecule has 1 heterocycles. The zero-order chi connectivity index (χ0) is 18.4. The molecule has 0 amide bonds. The molecule has 1 aromatic carbocycles. The van der Waals surface area contributed by atoms with Crippen molar-refractivity contribution in [1.82, 2.24) is 15.0 Å². The molecule has 25 heavy (non-hydrogen) atoms. The normalized spacial score (nSPS) is 12.4. The predicted molar refractivity (Wildman–Crippen MR) is 84.1 cm³/mol. The van der Waals surface area contributed by atoms with Gasteiger partial charge in [-0.1, -0.05) is 17.3 Å². The molecule has 0 spiro atoms. The molecule has 2 aromatic rings. The molecule has 0 aliphatic heterocycles. The van der Waals surface area contributed by atoms with Crippen LogP contribution in [-0.4, -0.2) is 42.8 Å². The minimum Gasteiger partial charge on any atom is -0.472 e. The molecule has 0 unspecified atom stereocenters. The van der Waals surface area contributed by atoms with Gasteiger partial charge in [0.1, 0.15) is 18.1 Å². The number of halogens is 1. The van der Waals surface area contributed by atoms with Crippen molar-refractivity contribution in [3.05, 3.63) is 40.8 Å². The van der Waals surface area contributed by atoms with Crippen molar-refractivity contribution >= 4 is 15.9 Å². The van der Waals surface area contributed by atoms with Gasteiger partial charge in [0.05, 0.1) is 0 Å².